The second-order valence-corrected chi connectivity index (χ2v) is 8.29. The van der Waals surface area contributed by atoms with E-state index in [2.05, 4.69) is 0 Å². The lowest BCUT2D eigenvalue weighted by Crippen LogP contribution is -2.40. The number of nitrogens with zero attached hydrogens (tertiary/aromatic N) is 2. The first kappa shape index (κ1) is 18.7. The summed E-state index contributed by atoms with van der Waals surface area (Å²) in [7, 11) is -2.29. The molecule has 6 nitrogen and oxygen atoms in total. The number of ether oxygens (including phenoxy) is 1. The van der Waals surface area contributed by atoms with Gasteiger partial charge in [-0.3, -0.25) is 9.10 Å². The summed E-state index contributed by atoms with van der Waals surface area (Å²) in [6.07, 6.45) is 0. The van der Waals surface area contributed by atoms with Gasteiger partial charge in [0.25, 0.3) is 15.9 Å². The topological polar surface area (TPSA) is 66.9 Å². The van der Waals surface area contributed by atoms with Crippen molar-refractivity contribution in [2.24, 2.45) is 0 Å². The summed E-state index contributed by atoms with van der Waals surface area (Å²) in [5.41, 5.74) is 0.863. The minimum atomic E-state index is -3.75. The third kappa shape index (κ3) is 3.85. The lowest BCUT2D eigenvalue weighted by Gasteiger charge is -2.27. The van der Waals surface area contributed by atoms with Crippen LogP contribution in [0.1, 0.15) is 10.4 Å². The molecule has 0 bridgehead atoms. The lowest BCUT2D eigenvalue weighted by atomic mass is 10.1. The number of hydrogen-bond donors (Lipinski definition) is 0. The Morgan fingerprint density at radius 1 is 1.12 bits per heavy atom. The van der Waals surface area contributed by atoms with Gasteiger partial charge >= 0.3 is 0 Å². The minimum absolute atomic E-state index is 0.132. The molecule has 1 heterocycles. The van der Waals surface area contributed by atoms with Crippen LogP contribution in [0.2, 0.25) is 5.02 Å². The first-order chi connectivity index (χ1) is 12.4. The van der Waals surface area contributed by atoms with Gasteiger partial charge in [-0.1, -0.05) is 17.7 Å². The Bertz CT molecular complexity index is 894. The van der Waals surface area contributed by atoms with E-state index in [0.29, 0.717) is 42.6 Å². The normalized spacial score (nSPS) is 14.9. The molecule has 138 valence electrons. The molecule has 1 amide bonds. The van der Waals surface area contributed by atoms with Crippen LogP contribution >= 0.6 is 11.6 Å². The van der Waals surface area contributed by atoms with Crippen molar-refractivity contribution >= 4 is 33.2 Å². The molecule has 1 aliphatic heterocycles. The zero-order chi connectivity index (χ0) is 18.7. The summed E-state index contributed by atoms with van der Waals surface area (Å²) in [4.78, 5) is 14.5. The fraction of sp³-hybridized carbons (Fsp3) is 0.278. The van der Waals surface area contributed by atoms with Crippen LogP contribution < -0.4 is 4.31 Å². The number of carbonyl (C=O) groups excluding carboxylic acids is 1. The van der Waals surface area contributed by atoms with Crippen LogP contribution in [0.4, 0.5) is 5.69 Å². The molecule has 8 heteroatoms. The van der Waals surface area contributed by atoms with Gasteiger partial charge in [0.2, 0.25) is 0 Å². The van der Waals surface area contributed by atoms with Crippen molar-refractivity contribution in [1.29, 1.82) is 0 Å². The second-order valence-electron chi connectivity index (χ2n) is 5.88. The molecule has 1 fully saturated rings. The van der Waals surface area contributed by atoms with E-state index >= 15 is 0 Å². The van der Waals surface area contributed by atoms with Crippen LogP contribution in [0.25, 0.3) is 0 Å². The first-order valence-corrected chi connectivity index (χ1v) is 9.93. The molecule has 0 unspecified atom stereocenters. The van der Waals surface area contributed by atoms with Gasteiger partial charge in [-0.25, -0.2) is 8.42 Å². The second kappa shape index (κ2) is 7.65. The number of carbonyl (C=O) groups is 1. The number of anilines is 1. The van der Waals surface area contributed by atoms with Gasteiger partial charge in [-0.05, 0) is 42.5 Å². The number of rotatable bonds is 4. The Balaban J connectivity index is 1.87. The fourth-order valence-corrected chi connectivity index (χ4v) is 4.00. The fourth-order valence-electron chi connectivity index (χ4n) is 2.69. The van der Waals surface area contributed by atoms with Gasteiger partial charge in [0.05, 0.1) is 23.8 Å². The third-order valence-corrected chi connectivity index (χ3v) is 6.28. The minimum Gasteiger partial charge on any atom is -0.378 e. The van der Waals surface area contributed by atoms with Crippen molar-refractivity contribution in [2.45, 2.75) is 4.90 Å². The SMILES string of the molecule is CN(c1cccc(C(=O)N2CCOCC2)c1)S(=O)(=O)c1ccc(Cl)cc1. The molecule has 3 rings (SSSR count). The highest BCUT2D eigenvalue weighted by Gasteiger charge is 2.23. The van der Waals surface area contributed by atoms with E-state index in [0.717, 1.165) is 4.31 Å². The van der Waals surface area contributed by atoms with E-state index in [4.69, 9.17) is 16.3 Å². The molecule has 2 aromatic rings. The molecule has 1 saturated heterocycles. The predicted molar refractivity (Wildman–Crippen MR) is 100 cm³/mol. The number of sulfonamides is 1. The third-order valence-electron chi connectivity index (χ3n) is 4.23. The summed E-state index contributed by atoms with van der Waals surface area (Å²) < 4.78 is 32.0. The van der Waals surface area contributed by atoms with Crippen molar-refractivity contribution in [3.63, 3.8) is 0 Å². The van der Waals surface area contributed by atoms with Crippen LogP contribution in [-0.2, 0) is 14.8 Å². The molecule has 0 saturated carbocycles. The Morgan fingerprint density at radius 2 is 1.77 bits per heavy atom. The highest BCUT2D eigenvalue weighted by Crippen LogP contribution is 2.24. The molecule has 0 atom stereocenters. The van der Waals surface area contributed by atoms with Gasteiger partial charge in [-0.2, -0.15) is 0 Å². The standard InChI is InChI=1S/C18H19ClN2O4S/c1-20(26(23,24)17-7-5-15(19)6-8-17)16-4-2-3-14(13-16)18(22)21-9-11-25-12-10-21/h2-8,13H,9-12H2,1H3. The van der Waals surface area contributed by atoms with Crippen molar-refractivity contribution in [2.75, 3.05) is 37.7 Å². The Hall–Kier alpha value is -2.09. The van der Waals surface area contributed by atoms with Crippen LogP contribution in [-0.4, -0.2) is 52.6 Å². The molecule has 0 aliphatic carbocycles. The van der Waals surface area contributed by atoms with E-state index in [1.807, 2.05) is 0 Å². The smallest absolute Gasteiger partial charge is 0.264 e. The van der Waals surface area contributed by atoms with E-state index in [1.165, 1.54) is 31.3 Å². The summed E-state index contributed by atoms with van der Waals surface area (Å²) in [5, 5.41) is 0.463. The quantitative estimate of drug-likeness (QED) is 0.799. The molecular weight excluding hydrogens is 376 g/mol. The zero-order valence-electron chi connectivity index (χ0n) is 14.3. The predicted octanol–water partition coefficient (Wildman–Crippen LogP) is 2.64. The molecular formula is C18H19ClN2O4S. The van der Waals surface area contributed by atoms with Crippen molar-refractivity contribution < 1.29 is 17.9 Å². The van der Waals surface area contributed by atoms with Crippen LogP contribution in [0, 0.1) is 0 Å². The van der Waals surface area contributed by atoms with E-state index in [9.17, 15) is 13.2 Å². The van der Waals surface area contributed by atoms with Crippen molar-refractivity contribution in [3.8, 4) is 0 Å². The highest BCUT2D eigenvalue weighted by molar-refractivity contribution is 7.92. The van der Waals surface area contributed by atoms with Gasteiger partial charge in [0.1, 0.15) is 0 Å². The molecule has 0 spiro atoms. The lowest BCUT2D eigenvalue weighted by molar-refractivity contribution is 0.0303. The first-order valence-electron chi connectivity index (χ1n) is 8.11. The van der Waals surface area contributed by atoms with Crippen molar-refractivity contribution in [1.82, 2.24) is 4.90 Å². The van der Waals surface area contributed by atoms with Gasteiger partial charge in [0.15, 0.2) is 0 Å². The number of hydrogen-bond acceptors (Lipinski definition) is 4. The summed E-state index contributed by atoms with van der Waals surface area (Å²) >= 11 is 5.83. The maximum atomic E-state index is 12.8. The molecule has 0 aromatic heterocycles. The van der Waals surface area contributed by atoms with Crippen molar-refractivity contribution in [3.05, 3.63) is 59.1 Å². The highest BCUT2D eigenvalue weighted by atomic mass is 35.5. The Labute approximate surface area is 158 Å². The average Bonchev–Trinajstić information content (AvgIpc) is 2.68. The van der Waals surface area contributed by atoms with Crippen LogP contribution in [0.3, 0.4) is 0 Å². The maximum absolute atomic E-state index is 12.8. The summed E-state index contributed by atoms with van der Waals surface area (Å²) in [6, 6.07) is 12.6. The largest absolute Gasteiger partial charge is 0.378 e. The monoisotopic (exact) mass is 394 g/mol. The van der Waals surface area contributed by atoms with Crippen LogP contribution in [0.5, 0.6) is 0 Å². The number of morpholine rings is 1. The Morgan fingerprint density at radius 3 is 2.42 bits per heavy atom. The maximum Gasteiger partial charge on any atom is 0.264 e. The number of benzene rings is 2. The number of amides is 1. The zero-order valence-corrected chi connectivity index (χ0v) is 15.8. The van der Waals surface area contributed by atoms with Gasteiger partial charge in [0, 0.05) is 30.7 Å². The average molecular weight is 395 g/mol. The molecule has 0 N–H and O–H groups in total. The summed E-state index contributed by atoms with van der Waals surface area (Å²) in [5.74, 6) is -0.132. The molecule has 0 radical (unpaired) electrons. The molecule has 2 aromatic carbocycles. The Kier molecular flexibility index (Phi) is 5.50. The van der Waals surface area contributed by atoms with Gasteiger partial charge in [-0.15, -0.1) is 0 Å². The summed E-state index contributed by atoms with van der Waals surface area (Å²) in [6.45, 7) is 2.08. The van der Waals surface area contributed by atoms with Gasteiger partial charge < -0.3 is 9.64 Å². The van der Waals surface area contributed by atoms with E-state index in [-0.39, 0.29) is 10.8 Å². The molecule has 26 heavy (non-hydrogen) atoms. The van der Waals surface area contributed by atoms with Crippen LogP contribution in [0.15, 0.2) is 53.4 Å². The van der Waals surface area contributed by atoms with E-state index < -0.39 is 10.0 Å². The number of halogens is 1. The van der Waals surface area contributed by atoms with E-state index in [1.54, 1.807) is 29.2 Å². The molecule has 1 aliphatic rings.